The van der Waals surface area contributed by atoms with E-state index in [0.29, 0.717) is 6.54 Å². The fraction of sp³-hybridized carbons (Fsp3) is 0.462. The van der Waals surface area contributed by atoms with Gasteiger partial charge >= 0.3 is 0 Å². The molecular weight excluding hydrogens is 448 g/mol. The second-order valence-corrected chi connectivity index (χ2v) is 13.9. The largest absolute Gasteiger partial charge is 0.432 e. The van der Waals surface area contributed by atoms with Gasteiger partial charge < -0.3 is 24.4 Å². The normalized spacial score (nSPS) is 26.2. The number of para-hydroxylation sites is 1. The molecule has 1 spiro atoms. The minimum absolute atomic E-state index is 0.0414. The Kier molecular flexibility index (Phi) is 6.70. The fourth-order valence-electron chi connectivity index (χ4n) is 5.86. The number of benzene rings is 2. The molecule has 2 aromatic carbocycles. The van der Waals surface area contributed by atoms with Gasteiger partial charge in [-0.3, -0.25) is 9.59 Å². The first kappa shape index (κ1) is 24.6. The zero-order valence-corrected chi connectivity index (χ0v) is 21.3. The van der Waals surface area contributed by atoms with Gasteiger partial charge in [-0.1, -0.05) is 55.5 Å². The zero-order chi connectivity index (χ0) is 24.7. The predicted octanol–water partition coefficient (Wildman–Crippen LogP) is 2.87. The van der Waals surface area contributed by atoms with Crippen molar-refractivity contribution in [3.63, 3.8) is 0 Å². The minimum Gasteiger partial charge on any atom is -0.432 e. The highest BCUT2D eigenvalue weighted by Crippen LogP contribution is 2.59. The fourth-order valence-corrected chi connectivity index (χ4v) is 8.41. The molecule has 182 valence electrons. The second kappa shape index (κ2) is 9.26. The third-order valence-electron chi connectivity index (χ3n) is 7.34. The van der Waals surface area contributed by atoms with Gasteiger partial charge in [-0.2, -0.15) is 0 Å². The summed E-state index contributed by atoms with van der Waals surface area (Å²) in [5, 5.41) is 9.58. The maximum Gasteiger partial charge on any atom is 0.264 e. The Morgan fingerprint density at radius 3 is 2.44 bits per heavy atom. The molecule has 2 amide bonds. The molecule has 0 saturated carbocycles. The highest BCUT2D eigenvalue weighted by atomic mass is 28.4. The molecule has 0 unspecified atom stereocenters. The average molecular weight is 483 g/mol. The van der Waals surface area contributed by atoms with Gasteiger partial charge in [0.25, 0.3) is 5.91 Å². The molecule has 0 bridgehead atoms. The quantitative estimate of drug-likeness (QED) is 0.593. The van der Waals surface area contributed by atoms with E-state index in [4.69, 9.17) is 4.74 Å². The van der Waals surface area contributed by atoms with Crippen molar-refractivity contribution in [2.75, 3.05) is 25.1 Å². The van der Waals surface area contributed by atoms with Crippen LogP contribution in [-0.2, 0) is 26.5 Å². The van der Waals surface area contributed by atoms with Gasteiger partial charge in [-0.25, -0.2) is 0 Å². The molecule has 1 saturated heterocycles. The van der Waals surface area contributed by atoms with Crippen molar-refractivity contribution in [1.82, 2.24) is 4.90 Å². The molecule has 2 heterocycles. The summed E-state index contributed by atoms with van der Waals surface area (Å²) in [6, 6.07) is 17.2. The summed E-state index contributed by atoms with van der Waals surface area (Å²) in [7, 11) is -1.09. The number of aliphatic hydroxyl groups is 1. The summed E-state index contributed by atoms with van der Waals surface area (Å²) in [4.78, 5) is 41.5. The topological polar surface area (TPSA) is 90.3 Å². The van der Waals surface area contributed by atoms with E-state index in [1.165, 1.54) is 0 Å². The summed E-state index contributed by atoms with van der Waals surface area (Å²) in [5.41, 5.74) is 1.04. The maximum absolute atomic E-state index is 13.6. The number of anilines is 1. The number of aliphatic hydroxyl groups excluding tert-OH is 1. The molecule has 0 aliphatic carbocycles. The average Bonchev–Trinajstić information content (AvgIpc) is 3.21. The SMILES string of the molecule is C[C@H]1[C@H]([Si](C)(C)O)[C@@H](CC(=O)N(CCO)Cc2ccccc2)O[C@]12C(=O)N(C)c1ccccc12. The van der Waals surface area contributed by atoms with Crippen LogP contribution in [0.2, 0.25) is 18.6 Å². The van der Waals surface area contributed by atoms with Crippen LogP contribution in [-0.4, -0.2) is 61.2 Å². The Morgan fingerprint density at radius 1 is 1.15 bits per heavy atom. The summed E-state index contributed by atoms with van der Waals surface area (Å²) >= 11 is 0. The van der Waals surface area contributed by atoms with Crippen molar-refractivity contribution in [3.05, 3.63) is 65.7 Å². The third-order valence-corrected chi connectivity index (χ3v) is 9.84. The molecular formula is C26H34N2O5Si. The number of carbonyl (C=O) groups excluding carboxylic acids is 2. The molecule has 2 aliphatic heterocycles. The first-order valence-electron chi connectivity index (χ1n) is 11.8. The maximum atomic E-state index is 13.6. The van der Waals surface area contributed by atoms with Crippen LogP contribution in [0.1, 0.15) is 24.5 Å². The monoisotopic (exact) mass is 482 g/mol. The summed E-state index contributed by atoms with van der Waals surface area (Å²) in [6.07, 6.45) is -0.561. The Labute approximate surface area is 202 Å². The van der Waals surface area contributed by atoms with E-state index in [1.807, 2.05) is 74.6 Å². The zero-order valence-electron chi connectivity index (χ0n) is 20.3. The standard InChI is InChI=1S/C26H34N2O5Si/c1-18-24(34(3,4)32)22(16-23(30)28(14-15-29)17-19-10-6-5-7-11-19)33-26(18)20-12-8-9-13-21(20)27(2)25(26)31/h5-13,18,22,24,29,32H,14-17H2,1-4H3/t18-,22+,24-,26+/m0/s1. The van der Waals surface area contributed by atoms with Gasteiger partial charge in [0.2, 0.25) is 5.91 Å². The van der Waals surface area contributed by atoms with Crippen LogP contribution in [0.5, 0.6) is 0 Å². The molecule has 2 N–H and O–H groups in total. The van der Waals surface area contributed by atoms with E-state index in [2.05, 4.69) is 0 Å². The number of hydrogen-bond donors (Lipinski definition) is 2. The van der Waals surface area contributed by atoms with Crippen LogP contribution in [0.3, 0.4) is 0 Å². The van der Waals surface area contributed by atoms with E-state index < -0.39 is 20.0 Å². The van der Waals surface area contributed by atoms with Crippen LogP contribution >= 0.6 is 0 Å². The third kappa shape index (κ3) is 4.09. The highest BCUT2D eigenvalue weighted by Gasteiger charge is 2.65. The van der Waals surface area contributed by atoms with Crippen LogP contribution in [0.15, 0.2) is 54.6 Å². The molecule has 2 aromatic rings. The Bertz CT molecular complexity index is 1060. The number of nitrogens with zero attached hydrogens (tertiary/aromatic N) is 2. The predicted molar refractivity (Wildman–Crippen MR) is 133 cm³/mol. The smallest absolute Gasteiger partial charge is 0.264 e. The van der Waals surface area contributed by atoms with Gasteiger partial charge in [0, 0.05) is 37.2 Å². The van der Waals surface area contributed by atoms with E-state index in [1.54, 1.807) is 16.8 Å². The van der Waals surface area contributed by atoms with Gasteiger partial charge in [0.05, 0.1) is 24.8 Å². The number of hydrogen-bond acceptors (Lipinski definition) is 5. The highest BCUT2D eigenvalue weighted by molar-refractivity contribution is 6.71. The Morgan fingerprint density at radius 2 is 1.79 bits per heavy atom. The number of carbonyl (C=O) groups is 2. The van der Waals surface area contributed by atoms with Crippen molar-refractivity contribution in [3.8, 4) is 0 Å². The molecule has 0 aromatic heterocycles. The van der Waals surface area contributed by atoms with Crippen molar-refractivity contribution in [1.29, 1.82) is 0 Å². The molecule has 8 heteroatoms. The van der Waals surface area contributed by atoms with Crippen LogP contribution < -0.4 is 4.90 Å². The van der Waals surface area contributed by atoms with Crippen LogP contribution in [0.4, 0.5) is 5.69 Å². The lowest BCUT2D eigenvalue weighted by Crippen LogP contribution is -2.45. The number of amides is 2. The van der Waals surface area contributed by atoms with E-state index >= 15 is 0 Å². The van der Waals surface area contributed by atoms with Gasteiger partial charge in [0.15, 0.2) is 13.9 Å². The van der Waals surface area contributed by atoms with Crippen LogP contribution in [0, 0.1) is 5.92 Å². The molecule has 0 radical (unpaired) electrons. The van der Waals surface area contributed by atoms with Gasteiger partial charge in [-0.15, -0.1) is 0 Å². The molecule has 7 nitrogen and oxygen atoms in total. The lowest BCUT2D eigenvalue weighted by Gasteiger charge is -2.32. The number of likely N-dealkylation sites (N-methyl/N-ethyl adjacent to an activating group) is 1. The second-order valence-electron chi connectivity index (χ2n) is 9.97. The first-order chi connectivity index (χ1) is 16.1. The lowest BCUT2D eigenvalue weighted by molar-refractivity contribution is -0.149. The Balaban J connectivity index is 1.66. The summed E-state index contributed by atoms with van der Waals surface area (Å²) in [5.74, 6) is -0.616. The first-order valence-corrected chi connectivity index (χ1v) is 14.8. The van der Waals surface area contributed by atoms with E-state index in [0.717, 1.165) is 16.8 Å². The van der Waals surface area contributed by atoms with E-state index in [9.17, 15) is 19.5 Å². The van der Waals surface area contributed by atoms with Crippen molar-refractivity contribution in [2.45, 2.75) is 50.2 Å². The Hall–Kier alpha value is -2.52. The molecule has 34 heavy (non-hydrogen) atoms. The molecule has 4 atom stereocenters. The molecule has 2 aliphatic rings. The summed E-state index contributed by atoms with van der Waals surface area (Å²) in [6.45, 7) is 6.09. The van der Waals surface area contributed by atoms with Crippen molar-refractivity contribution in [2.24, 2.45) is 5.92 Å². The summed E-state index contributed by atoms with van der Waals surface area (Å²) < 4.78 is 6.59. The lowest BCUT2D eigenvalue weighted by atomic mass is 9.82. The van der Waals surface area contributed by atoms with Gasteiger partial charge in [0.1, 0.15) is 0 Å². The van der Waals surface area contributed by atoms with E-state index in [-0.39, 0.29) is 42.8 Å². The number of fused-ring (bicyclic) bond motifs is 2. The van der Waals surface area contributed by atoms with Crippen molar-refractivity contribution < 1.29 is 24.2 Å². The molecule has 4 rings (SSSR count). The van der Waals surface area contributed by atoms with Gasteiger partial charge in [-0.05, 0) is 24.7 Å². The number of rotatable bonds is 7. The molecule has 1 fully saturated rings. The van der Waals surface area contributed by atoms with Crippen molar-refractivity contribution >= 4 is 25.8 Å². The van der Waals surface area contributed by atoms with Crippen LogP contribution in [0.25, 0.3) is 0 Å². The number of ether oxygens (including phenoxy) is 1. The minimum atomic E-state index is -2.83.